The minimum atomic E-state index is -0.289. The highest BCUT2D eigenvalue weighted by molar-refractivity contribution is 5.79. The molecule has 0 spiro atoms. The second-order valence-electron chi connectivity index (χ2n) is 5.89. The minimum absolute atomic E-state index is 0.0488. The first-order chi connectivity index (χ1) is 10.4. The highest BCUT2D eigenvalue weighted by Gasteiger charge is 2.13. The van der Waals surface area contributed by atoms with Gasteiger partial charge in [-0.2, -0.15) is 0 Å². The van der Waals surface area contributed by atoms with E-state index in [1.54, 1.807) is 12.1 Å². The SMILES string of the molecule is Cc1cc(C)c([C@H](C)NC(=O)Cc2ccc(F)cc2)cc1C. The molecule has 0 heterocycles. The van der Waals surface area contributed by atoms with Gasteiger partial charge in [-0.25, -0.2) is 4.39 Å². The molecule has 2 rings (SSSR count). The lowest BCUT2D eigenvalue weighted by atomic mass is 9.96. The van der Waals surface area contributed by atoms with E-state index in [2.05, 4.69) is 38.2 Å². The molecule has 0 radical (unpaired) electrons. The standard InChI is InChI=1S/C19H22FNO/c1-12-9-14(3)18(10-13(12)2)15(4)21-19(22)11-16-5-7-17(20)8-6-16/h5-10,15H,11H2,1-4H3,(H,21,22)/t15-/m0/s1. The lowest BCUT2D eigenvalue weighted by Gasteiger charge is -2.18. The molecule has 2 aromatic carbocycles. The second kappa shape index (κ2) is 6.73. The number of hydrogen-bond acceptors (Lipinski definition) is 1. The number of amides is 1. The van der Waals surface area contributed by atoms with Gasteiger partial charge in [0.15, 0.2) is 0 Å². The zero-order valence-electron chi connectivity index (χ0n) is 13.5. The fourth-order valence-corrected chi connectivity index (χ4v) is 2.61. The van der Waals surface area contributed by atoms with Gasteiger partial charge < -0.3 is 5.32 Å². The van der Waals surface area contributed by atoms with Crippen LogP contribution in [0.5, 0.6) is 0 Å². The van der Waals surface area contributed by atoms with Crippen molar-refractivity contribution in [2.24, 2.45) is 0 Å². The average Bonchev–Trinajstić information content (AvgIpc) is 2.45. The summed E-state index contributed by atoms with van der Waals surface area (Å²) < 4.78 is 12.9. The highest BCUT2D eigenvalue weighted by atomic mass is 19.1. The number of carbonyl (C=O) groups excluding carboxylic acids is 1. The molecule has 0 aliphatic carbocycles. The summed E-state index contributed by atoms with van der Waals surface area (Å²) in [7, 11) is 0. The molecule has 0 aromatic heterocycles. The summed E-state index contributed by atoms with van der Waals surface area (Å²) in [6.45, 7) is 8.21. The van der Waals surface area contributed by atoms with Crippen molar-refractivity contribution in [1.82, 2.24) is 5.32 Å². The van der Waals surface area contributed by atoms with E-state index in [1.165, 1.54) is 28.8 Å². The summed E-state index contributed by atoms with van der Waals surface area (Å²) in [5.41, 5.74) is 5.60. The van der Waals surface area contributed by atoms with Gasteiger partial charge in [0.25, 0.3) is 0 Å². The van der Waals surface area contributed by atoms with Crippen LogP contribution in [0.4, 0.5) is 4.39 Å². The Bertz CT molecular complexity index is 677. The quantitative estimate of drug-likeness (QED) is 0.902. The van der Waals surface area contributed by atoms with Gasteiger partial charge in [-0.1, -0.05) is 24.3 Å². The Morgan fingerprint density at radius 3 is 2.27 bits per heavy atom. The van der Waals surface area contributed by atoms with Gasteiger partial charge >= 0.3 is 0 Å². The number of benzene rings is 2. The Morgan fingerprint density at radius 2 is 1.64 bits per heavy atom. The Hall–Kier alpha value is -2.16. The van der Waals surface area contributed by atoms with Gasteiger partial charge in [0.1, 0.15) is 5.82 Å². The summed E-state index contributed by atoms with van der Waals surface area (Å²) in [5, 5.41) is 3.01. The summed E-state index contributed by atoms with van der Waals surface area (Å²) in [5.74, 6) is -0.347. The molecule has 0 saturated heterocycles. The van der Waals surface area contributed by atoms with Crippen molar-refractivity contribution in [3.63, 3.8) is 0 Å². The smallest absolute Gasteiger partial charge is 0.224 e. The van der Waals surface area contributed by atoms with Crippen molar-refractivity contribution in [3.8, 4) is 0 Å². The largest absolute Gasteiger partial charge is 0.349 e. The first-order valence-electron chi connectivity index (χ1n) is 7.48. The van der Waals surface area contributed by atoms with Crippen molar-refractivity contribution in [2.75, 3.05) is 0 Å². The average molecular weight is 299 g/mol. The molecule has 0 unspecified atom stereocenters. The molecular weight excluding hydrogens is 277 g/mol. The van der Waals surface area contributed by atoms with Crippen LogP contribution >= 0.6 is 0 Å². The predicted octanol–water partition coefficient (Wildman–Crippen LogP) is 4.17. The predicted molar refractivity (Wildman–Crippen MR) is 87.3 cm³/mol. The van der Waals surface area contributed by atoms with E-state index in [4.69, 9.17) is 0 Å². The van der Waals surface area contributed by atoms with Crippen molar-refractivity contribution in [2.45, 2.75) is 40.2 Å². The third-order valence-corrected chi connectivity index (χ3v) is 4.00. The number of rotatable bonds is 4. The van der Waals surface area contributed by atoms with Crippen LogP contribution in [-0.4, -0.2) is 5.91 Å². The molecule has 0 aliphatic rings. The number of carbonyl (C=O) groups is 1. The molecule has 0 fully saturated rings. The first-order valence-corrected chi connectivity index (χ1v) is 7.48. The number of aryl methyl sites for hydroxylation is 3. The Kier molecular flexibility index (Phi) is 4.96. The van der Waals surface area contributed by atoms with Gasteiger partial charge in [-0.15, -0.1) is 0 Å². The molecular formula is C19H22FNO. The Balaban J connectivity index is 2.05. The van der Waals surface area contributed by atoms with Gasteiger partial charge in [0, 0.05) is 0 Å². The third-order valence-electron chi connectivity index (χ3n) is 4.00. The Morgan fingerprint density at radius 1 is 1.05 bits per heavy atom. The van der Waals surface area contributed by atoms with Crippen LogP contribution < -0.4 is 5.32 Å². The number of halogens is 1. The van der Waals surface area contributed by atoms with Gasteiger partial charge in [-0.3, -0.25) is 4.79 Å². The molecule has 0 saturated carbocycles. The van der Waals surface area contributed by atoms with Crippen molar-refractivity contribution in [3.05, 3.63) is 70.0 Å². The molecule has 2 nitrogen and oxygen atoms in total. The topological polar surface area (TPSA) is 29.1 Å². The lowest BCUT2D eigenvalue weighted by molar-refractivity contribution is -0.121. The molecule has 3 heteroatoms. The van der Waals surface area contributed by atoms with Crippen LogP contribution in [0.15, 0.2) is 36.4 Å². The minimum Gasteiger partial charge on any atom is -0.349 e. The van der Waals surface area contributed by atoms with Crippen molar-refractivity contribution < 1.29 is 9.18 Å². The van der Waals surface area contributed by atoms with E-state index in [0.717, 1.165) is 11.1 Å². The molecule has 0 aliphatic heterocycles. The van der Waals surface area contributed by atoms with Crippen LogP contribution in [0.2, 0.25) is 0 Å². The molecule has 1 N–H and O–H groups in total. The van der Waals surface area contributed by atoms with E-state index in [9.17, 15) is 9.18 Å². The summed E-state index contributed by atoms with van der Waals surface area (Å²) in [6, 6.07) is 10.3. The molecule has 1 amide bonds. The third kappa shape index (κ3) is 3.94. The zero-order chi connectivity index (χ0) is 16.3. The van der Waals surface area contributed by atoms with Gasteiger partial charge in [-0.05, 0) is 67.6 Å². The van der Waals surface area contributed by atoms with Crippen molar-refractivity contribution in [1.29, 1.82) is 0 Å². The molecule has 1 atom stereocenters. The molecule has 0 bridgehead atoms. The molecule has 22 heavy (non-hydrogen) atoms. The normalized spacial score (nSPS) is 12.0. The fraction of sp³-hybridized carbons (Fsp3) is 0.316. The number of hydrogen-bond donors (Lipinski definition) is 1. The maximum absolute atomic E-state index is 12.9. The van der Waals surface area contributed by atoms with E-state index in [1.807, 2.05) is 6.92 Å². The zero-order valence-corrected chi connectivity index (χ0v) is 13.5. The molecule has 116 valence electrons. The first kappa shape index (κ1) is 16.2. The van der Waals surface area contributed by atoms with Gasteiger partial charge in [0.05, 0.1) is 12.5 Å². The van der Waals surface area contributed by atoms with Crippen LogP contribution in [0, 0.1) is 26.6 Å². The monoisotopic (exact) mass is 299 g/mol. The maximum atomic E-state index is 12.9. The lowest BCUT2D eigenvalue weighted by Crippen LogP contribution is -2.28. The van der Waals surface area contributed by atoms with Crippen LogP contribution in [0.3, 0.4) is 0 Å². The van der Waals surface area contributed by atoms with Gasteiger partial charge in [0.2, 0.25) is 5.91 Å². The number of nitrogens with one attached hydrogen (secondary N) is 1. The van der Waals surface area contributed by atoms with Crippen LogP contribution in [0.1, 0.15) is 40.8 Å². The van der Waals surface area contributed by atoms with E-state index in [0.29, 0.717) is 0 Å². The second-order valence-corrected chi connectivity index (χ2v) is 5.89. The van der Waals surface area contributed by atoms with E-state index >= 15 is 0 Å². The van der Waals surface area contributed by atoms with Crippen LogP contribution in [-0.2, 0) is 11.2 Å². The highest BCUT2D eigenvalue weighted by Crippen LogP contribution is 2.21. The van der Waals surface area contributed by atoms with Crippen molar-refractivity contribution >= 4 is 5.91 Å². The summed E-state index contributed by atoms with van der Waals surface area (Å²) in [4.78, 5) is 12.1. The fourth-order valence-electron chi connectivity index (χ4n) is 2.61. The summed E-state index contributed by atoms with van der Waals surface area (Å²) in [6.07, 6.45) is 0.258. The summed E-state index contributed by atoms with van der Waals surface area (Å²) >= 11 is 0. The Labute approximate surface area is 131 Å². The van der Waals surface area contributed by atoms with E-state index < -0.39 is 0 Å². The van der Waals surface area contributed by atoms with E-state index in [-0.39, 0.29) is 24.2 Å². The van der Waals surface area contributed by atoms with Crippen LogP contribution in [0.25, 0.3) is 0 Å². The molecule has 2 aromatic rings. The maximum Gasteiger partial charge on any atom is 0.224 e.